The lowest BCUT2D eigenvalue weighted by Gasteiger charge is -2.30. The van der Waals surface area contributed by atoms with E-state index >= 15 is 0 Å². The number of ether oxygens (including phenoxy) is 2. The molecule has 2 aliphatic rings. The number of aromatic nitrogens is 4. The summed E-state index contributed by atoms with van der Waals surface area (Å²) in [6.45, 7) is 1.05. The predicted molar refractivity (Wildman–Crippen MR) is 234 cm³/mol. The summed E-state index contributed by atoms with van der Waals surface area (Å²) in [6, 6.07) is 36.8. The molecule has 5 amide bonds. The Labute approximate surface area is 357 Å². The maximum absolute atomic E-state index is 14.0. The number of urea groups is 1. The number of methoxy groups -OCH3 is 2. The molecule has 15 heteroatoms. The molecule has 0 radical (unpaired) electrons. The molecule has 15 nitrogen and oxygen atoms in total. The number of alkyl carbamates (subject to hydrolysis) is 1. The van der Waals surface area contributed by atoms with E-state index in [1.807, 2.05) is 60.7 Å². The molecule has 2 aromatic heterocycles. The Morgan fingerprint density at radius 2 is 1.15 bits per heavy atom. The molecular weight excluding hydrogens is 787 g/mol. The molecule has 3 atom stereocenters. The first-order valence-electron chi connectivity index (χ1n) is 20.6. The molecule has 0 spiro atoms. The lowest BCUT2D eigenvalue weighted by molar-refractivity contribution is -0.134. The van der Waals surface area contributed by atoms with E-state index in [-0.39, 0.29) is 24.0 Å². The van der Waals surface area contributed by atoms with Gasteiger partial charge in [-0.15, -0.1) is 0 Å². The van der Waals surface area contributed by atoms with Crippen molar-refractivity contribution in [2.24, 2.45) is 0 Å². The van der Waals surface area contributed by atoms with Crippen molar-refractivity contribution >= 4 is 51.9 Å². The SMILES string of the molecule is COC(=O)N[C@@H](C(=O)N1CCC[C@H]1c1nc2ccc(-c3ccc(-c4ccc5nc([C@@H]6CCCN6C(=O)N(NC(=O)OC)c6ccccc6)[nH]c5c4)cc3)cc2[nH]1)c1ccccc1. The Balaban J connectivity index is 0.910. The van der Waals surface area contributed by atoms with Crippen LogP contribution in [0.4, 0.5) is 20.1 Å². The largest absolute Gasteiger partial charge is 0.453 e. The number of rotatable bonds is 8. The number of carbonyl (C=O) groups is 4. The molecule has 0 aliphatic carbocycles. The van der Waals surface area contributed by atoms with Gasteiger partial charge in [0.2, 0.25) is 0 Å². The molecule has 4 N–H and O–H groups in total. The molecule has 2 aliphatic heterocycles. The van der Waals surface area contributed by atoms with Gasteiger partial charge in [0.1, 0.15) is 17.7 Å². The van der Waals surface area contributed by atoms with Crippen LogP contribution in [0, 0.1) is 0 Å². The summed E-state index contributed by atoms with van der Waals surface area (Å²) >= 11 is 0. The second kappa shape index (κ2) is 17.1. The van der Waals surface area contributed by atoms with Gasteiger partial charge in [0.25, 0.3) is 5.91 Å². The minimum Gasteiger partial charge on any atom is -0.453 e. The lowest BCUT2D eigenvalue weighted by Crippen LogP contribution is -2.52. The number of benzene rings is 5. The molecule has 2 fully saturated rings. The standard InChI is InChI=1S/C47H45N9O6/c1-61-45(58)52-41(31-11-5-3-6-12-31)44(57)54-25-9-15-39(54)42-48-35-23-21-32(27-37(35)50-42)29-17-19-30(20-18-29)33-22-24-36-38(28-33)51-43(49-36)40-16-10-26-55(40)47(60)56(53-46(59)62-2)34-13-7-4-8-14-34/h3-8,11-14,17-24,27-28,39-41H,9-10,15-16,25-26H2,1-2H3,(H,48,50)(H,49,51)(H,52,58)(H,53,59)/t39-,40-,41+/m0/s1. The molecule has 9 rings (SSSR count). The number of amides is 5. The van der Waals surface area contributed by atoms with Crippen molar-refractivity contribution in [3.63, 3.8) is 0 Å². The highest BCUT2D eigenvalue weighted by molar-refractivity contribution is 5.95. The number of aromatic amines is 2. The monoisotopic (exact) mass is 831 g/mol. The Morgan fingerprint density at radius 1 is 0.645 bits per heavy atom. The van der Waals surface area contributed by atoms with E-state index in [0.29, 0.717) is 36.0 Å². The van der Waals surface area contributed by atoms with Crippen molar-refractivity contribution in [1.29, 1.82) is 0 Å². The molecule has 5 aromatic carbocycles. The molecule has 4 heterocycles. The number of H-pyrrole nitrogens is 2. The van der Waals surface area contributed by atoms with Gasteiger partial charge in [-0.3, -0.25) is 4.79 Å². The molecule has 0 unspecified atom stereocenters. The van der Waals surface area contributed by atoms with Crippen molar-refractivity contribution in [2.75, 3.05) is 32.3 Å². The number of hydrogen-bond acceptors (Lipinski definition) is 8. The van der Waals surface area contributed by atoms with Crippen molar-refractivity contribution in [1.82, 2.24) is 40.5 Å². The fraction of sp³-hybridized carbons (Fsp3) is 0.234. The second-order valence-corrected chi connectivity index (χ2v) is 15.4. The Morgan fingerprint density at radius 3 is 1.69 bits per heavy atom. The predicted octanol–water partition coefficient (Wildman–Crippen LogP) is 8.57. The molecule has 2 saturated heterocycles. The van der Waals surface area contributed by atoms with Gasteiger partial charge in [0.15, 0.2) is 0 Å². The number of anilines is 1. The zero-order valence-corrected chi connectivity index (χ0v) is 34.2. The van der Waals surface area contributed by atoms with E-state index in [1.54, 1.807) is 34.1 Å². The highest BCUT2D eigenvalue weighted by Crippen LogP contribution is 2.37. The summed E-state index contributed by atoms with van der Waals surface area (Å²) in [4.78, 5) is 72.7. The van der Waals surface area contributed by atoms with Gasteiger partial charge in [-0.25, -0.2) is 29.8 Å². The highest BCUT2D eigenvalue weighted by atomic mass is 16.5. The second-order valence-electron chi connectivity index (χ2n) is 15.4. The zero-order valence-electron chi connectivity index (χ0n) is 34.2. The van der Waals surface area contributed by atoms with Crippen LogP contribution in [-0.4, -0.2) is 81.2 Å². The van der Waals surface area contributed by atoms with Gasteiger partial charge < -0.3 is 34.6 Å². The minimum atomic E-state index is -0.890. The van der Waals surface area contributed by atoms with E-state index in [9.17, 15) is 19.2 Å². The van der Waals surface area contributed by atoms with Crippen molar-refractivity contribution in [3.05, 3.63) is 139 Å². The van der Waals surface area contributed by atoms with Gasteiger partial charge in [-0.2, -0.15) is 5.01 Å². The summed E-state index contributed by atoms with van der Waals surface area (Å²) < 4.78 is 9.65. The van der Waals surface area contributed by atoms with Gasteiger partial charge >= 0.3 is 18.2 Å². The van der Waals surface area contributed by atoms with Crippen LogP contribution in [-0.2, 0) is 14.3 Å². The fourth-order valence-corrected chi connectivity index (χ4v) is 8.52. The number of nitrogens with zero attached hydrogens (tertiary/aromatic N) is 5. The van der Waals surface area contributed by atoms with Crippen LogP contribution in [0.1, 0.15) is 61.0 Å². The molecule has 0 saturated carbocycles. The zero-order chi connectivity index (χ0) is 42.7. The molecular formula is C47H45N9O6. The maximum Gasteiger partial charge on any atom is 0.426 e. The Bertz CT molecular complexity index is 2570. The third-order valence-corrected chi connectivity index (χ3v) is 11.6. The molecule has 7 aromatic rings. The van der Waals surface area contributed by atoms with Gasteiger partial charge in [-0.1, -0.05) is 84.9 Å². The first-order chi connectivity index (χ1) is 30.3. The summed E-state index contributed by atoms with van der Waals surface area (Å²) in [5, 5.41) is 3.93. The summed E-state index contributed by atoms with van der Waals surface area (Å²) in [5.74, 6) is 1.17. The van der Waals surface area contributed by atoms with Gasteiger partial charge in [-0.05, 0) is 89.9 Å². The van der Waals surface area contributed by atoms with E-state index in [0.717, 1.165) is 70.0 Å². The minimum absolute atomic E-state index is 0.216. The van der Waals surface area contributed by atoms with Crippen LogP contribution >= 0.6 is 0 Å². The fourth-order valence-electron chi connectivity index (χ4n) is 8.52. The van der Waals surface area contributed by atoms with E-state index in [2.05, 4.69) is 57.1 Å². The molecule has 62 heavy (non-hydrogen) atoms. The van der Waals surface area contributed by atoms with E-state index in [1.165, 1.54) is 19.2 Å². The molecule has 314 valence electrons. The number of imidazole rings is 2. The van der Waals surface area contributed by atoms with Crippen molar-refractivity contribution in [2.45, 2.75) is 43.8 Å². The van der Waals surface area contributed by atoms with Crippen LogP contribution < -0.4 is 15.8 Å². The highest BCUT2D eigenvalue weighted by Gasteiger charge is 2.38. The summed E-state index contributed by atoms with van der Waals surface area (Å²) in [7, 11) is 2.54. The van der Waals surface area contributed by atoms with Crippen LogP contribution in [0.25, 0.3) is 44.3 Å². The van der Waals surface area contributed by atoms with Gasteiger partial charge in [0, 0.05) is 13.1 Å². The smallest absolute Gasteiger partial charge is 0.426 e. The van der Waals surface area contributed by atoms with Gasteiger partial charge in [0.05, 0.1) is 54.1 Å². The Hall–Kier alpha value is -7.68. The van der Waals surface area contributed by atoms with Crippen molar-refractivity contribution in [3.8, 4) is 22.3 Å². The quantitative estimate of drug-likeness (QED) is 0.110. The van der Waals surface area contributed by atoms with Crippen LogP contribution in [0.15, 0.2) is 121 Å². The summed E-state index contributed by atoms with van der Waals surface area (Å²) in [6.07, 6.45) is 1.64. The van der Waals surface area contributed by atoms with Crippen LogP contribution in [0.5, 0.6) is 0 Å². The van der Waals surface area contributed by atoms with Crippen molar-refractivity contribution < 1.29 is 28.7 Å². The number of likely N-dealkylation sites (tertiary alicyclic amines) is 2. The van der Waals surface area contributed by atoms with Crippen LogP contribution in [0.2, 0.25) is 0 Å². The van der Waals surface area contributed by atoms with E-state index < -0.39 is 18.2 Å². The number of hydrazine groups is 1. The first kappa shape index (κ1) is 39.8. The number of hydrogen-bond donors (Lipinski definition) is 4. The number of fused-ring (bicyclic) bond motifs is 2. The molecule has 0 bridgehead atoms. The summed E-state index contributed by atoms with van der Waals surface area (Å²) in [5.41, 5.74) is 11.1. The van der Waals surface area contributed by atoms with Crippen LogP contribution in [0.3, 0.4) is 0 Å². The lowest BCUT2D eigenvalue weighted by atomic mass is 10.00. The maximum atomic E-state index is 14.0. The number of para-hydroxylation sites is 1. The normalized spacial score (nSPS) is 16.6. The topological polar surface area (TPSA) is 178 Å². The number of nitrogens with one attached hydrogen (secondary N) is 4. The third kappa shape index (κ3) is 7.87. The third-order valence-electron chi connectivity index (χ3n) is 11.6. The number of carbonyl (C=O) groups excluding carboxylic acids is 4. The average molecular weight is 832 g/mol. The van der Waals surface area contributed by atoms with E-state index in [4.69, 9.17) is 19.4 Å². The average Bonchev–Trinajstić information content (AvgIpc) is 4.16. The first-order valence-corrected chi connectivity index (χ1v) is 20.6. The Kier molecular flexibility index (Phi) is 11.0.